The third-order valence-electron chi connectivity index (χ3n) is 3.69. The van der Waals surface area contributed by atoms with E-state index in [4.69, 9.17) is 16.3 Å². The van der Waals surface area contributed by atoms with Gasteiger partial charge in [-0.1, -0.05) is 90.5 Å². The minimum absolute atomic E-state index is 0.222. The summed E-state index contributed by atoms with van der Waals surface area (Å²) in [6.45, 7) is 0.222. The summed E-state index contributed by atoms with van der Waals surface area (Å²) in [5, 5.41) is 0.384. The average molecular weight is 349 g/mol. The highest BCUT2D eigenvalue weighted by atomic mass is 35.5. The highest BCUT2D eigenvalue weighted by Crippen LogP contribution is 2.21. The molecule has 0 atom stereocenters. The van der Waals surface area contributed by atoms with Gasteiger partial charge < -0.3 is 4.74 Å². The maximum absolute atomic E-state index is 12.3. The van der Waals surface area contributed by atoms with Gasteiger partial charge in [0.2, 0.25) is 0 Å². The van der Waals surface area contributed by atoms with E-state index in [1.807, 2.05) is 78.9 Å². The zero-order valence-electron chi connectivity index (χ0n) is 13.6. The molecule has 3 aromatic carbocycles. The van der Waals surface area contributed by atoms with Gasteiger partial charge in [-0.05, 0) is 28.8 Å². The van der Waals surface area contributed by atoms with Gasteiger partial charge in [-0.25, -0.2) is 4.79 Å². The van der Waals surface area contributed by atoms with Crippen LogP contribution in [-0.4, -0.2) is 5.97 Å². The van der Waals surface area contributed by atoms with Crippen LogP contribution in [0.3, 0.4) is 0 Å². The van der Waals surface area contributed by atoms with Crippen molar-refractivity contribution in [2.45, 2.75) is 6.61 Å². The maximum Gasteiger partial charge on any atom is 0.340 e. The number of halogens is 1. The predicted octanol–water partition coefficient (Wildman–Crippen LogP) is 5.87. The molecule has 0 unspecified atom stereocenters. The molecule has 0 aliphatic heterocycles. The Hall–Kier alpha value is -2.84. The van der Waals surface area contributed by atoms with Gasteiger partial charge in [0.25, 0.3) is 0 Å². The number of rotatable bonds is 5. The second kappa shape index (κ2) is 8.32. The summed E-state index contributed by atoms with van der Waals surface area (Å²) >= 11 is 6.17. The number of hydrogen-bond donors (Lipinski definition) is 0. The van der Waals surface area contributed by atoms with Gasteiger partial charge in [-0.3, -0.25) is 0 Å². The fourth-order valence-corrected chi connectivity index (χ4v) is 2.56. The van der Waals surface area contributed by atoms with Crippen molar-refractivity contribution in [2.24, 2.45) is 0 Å². The Morgan fingerprint density at radius 3 is 2.20 bits per heavy atom. The molecule has 0 saturated heterocycles. The van der Waals surface area contributed by atoms with Crippen LogP contribution in [0.15, 0.2) is 78.9 Å². The normalized spacial score (nSPS) is 10.8. The minimum Gasteiger partial charge on any atom is -0.457 e. The summed E-state index contributed by atoms with van der Waals surface area (Å²) in [5.41, 5.74) is 3.28. The van der Waals surface area contributed by atoms with Crippen LogP contribution in [0.25, 0.3) is 12.2 Å². The smallest absolute Gasteiger partial charge is 0.340 e. The Morgan fingerprint density at radius 2 is 1.48 bits per heavy atom. The first-order valence-corrected chi connectivity index (χ1v) is 8.34. The summed E-state index contributed by atoms with van der Waals surface area (Å²) in [5.74, 6) is -0.427. The summed E-state index contributed by atoms with van der Waals surface area (Å²) in [7, 11) is 0. The summed E-state index contributed by atoms with van der Waals surface area (Å²) in [6, 6.07) is 24.9. The van der Waals surface area contributed by atoms with Crippen molar-refractivity contribution < 1.29 is 9.53 Å². The van der Waals surface area contributed by atoms with Crippen LogP contribution in [0.2, 0.25) is 5.02 Å². The van der Waals surface area contributed by atoms with Crippen molar-refractivity contribution in [1.82, 2.24) is 0 Å². The number of benzene rings is 3. The van der Waals surface area contributed by atoms with Crippen LogP contribution in [0.5, 0.6) is 0 Å². The van der Waals surface area contributed by atoms with E-state index >= 15 is 0 Å². The number of carbonyl (C=O) groups excluding carboxylic acids is 1. The molecule has 0 radical (unpaired) electrons. The van der Waals surface area contributed by atoms with Crippen molar-refractivity contribution in [2.75, 3.05) is 0 Å². The van der Waals surface area contributed by atoms with Crippen LogP contribution in [0, 0.1) is 0 Å². The zero-order chi connectivity index (χ0) is 17.5. The van der Waals surface area contributed by atoms with Gasteiger partial charge >= 0.3 is 5.97 Å². The van der Waals surface area contributed by atoms with Gasteiger partial charge in [0.05, 0.1) is 10.6 Å². The summed E-state index contributed by atoms with van der Waals surface area (Å²) < 4.78 is 5.37. The van der Waals surface area contributed by atoms with Gasteiger partial charge in [0.1, 0.15) is 6.61 Å². The highest BCUT2D eigenvalue weighted by molar-refractivity contribution is 6.33. The first-order chi connectivity index (χ1) is 12.2. The Morgan fingerprint density at radius 1 is 0.840 bits per heavy atom. The third-order valence-corrected chi connectivity index (χ3v) is 4.02. The monoisotopic (exact) mass is 348 g/mol. The van der Waals surface area contributed by atoms with Crippen LogP contribution < -0.4 is 0 Å². The van der Waals surface area contributed by atoms with Crippen LogP contribution in [-0.2, 0) is 11.3 Å². The Bertz CT molecular complexity index is 871. The van der Waals surface area contributed by atoms with Crippen LogP contribution >= 0.6 is 11.6 Å². The molecule has 0 bridgehead atoms. The summed E-state index contributed by atoms with van der Waals surface area (Å²) in [6.07, 6.45) is 3.93. The van der Waals surface area contributed by atoms with Crippen molar-refractivity contribution in [3.63, 3.8) is 0 Å². The molecule has 0 aliphatic carbocycles. The minimum atomic E-state index is -0.427. The van der Waals surface area contributed by atoms with E-state index in [1.54, 1.807) is 12.1 Å². The second-order valence-electron chi connectivity index (χ2n) is 5.55. The first-order valence-electron chi connectivity index (χ1n) is 7.96. The van der Waals surface area contributed by atoms with E-state index in [2.05, 4.69) is 0 Å². The van der Waals surface area contributed by atoms with Crippen molar-refractivity contribution in [1.29, 1.82) is 0 Å². The SMILES string of the molecule is O=C(OCc1ccccc1)c1cc(/C=C/c2ccccc2)ccc1Cl. The largest absolute Gasteiger partial charge is 0.457 e. The Labute approximate surface area is 152 Å². The quantitative estimate of drug-likeness (QED) is 0.426. The van der Waals surface area contributed by atoms with E-state index in [0.717, 1.165) is 16.7 Å². The maximum atomic E-state index is 12.3. The van der Waals surface area contributed by atoms with E-state index in [0.29, 0.717) is 10.6 Å². The molecule has 0 spiro atoms. The lowest BCUT2D eigenvalue weighted by molar-refractivity contribution is 0.0473. The van der Waals surface area contributed by atoms with Gasteiger partial charge in [-0.2, -0.15) is 0 Å². The van der Waals surface area contributed by atoms with Gasteiger partial charge in [0, 0.05) is 0 Å². The molecule has 0 aliphatic rings. The van der Waals surface area contributed by atoms with Crippen molar-refractivity contribution in [3.05, 3.63) is 106 Å². The molecule has 0 fully saturated rings. The highest BCUT2D eigenvalue weighted by Gasteiger charge is 2.12. The third kappa shape index (κ3) is 4.82. The first kappa shape index (κ1) is 17.0. The Balaban J connectivity index is 1.72. The number of esters is 1. The molecule has 3 aromatic rings. The molecule has 0 aromatic heterocycles. The zero-order valence-corrected chi connectivity index (χ0v) is 14.3. The molecule has 3 rings (SSSR count). The lowest BCUT2D eigenvalue weighted by Gasteiger charge is -2.07. The standard InChI is InChI=1S/C22H17ClO2/c23-21-14-13-18(12-11-17-7-3-1-4-8-17)15-20(21)22(24)25-16-19-9-5-2-6-10-19/h1-15H,16H2/b12-11+. The van der Waals surface area contributed by atoms with E-state index in [1.165, 1.54) is 0 Å². The van der Waals surface area contributed by atoms with E-state index in [9.17, 15) is 4.79 Å². The molecular weight excluding hydrogens is 332 g/mol. The molecule has 25 heavy (non-hydrogen) atoms. The van der Waals surface area contributed by atoms with Crippen molar-refractivity contribution >= 4 is 29.7 Å². The number of ether oxygens (including phenoxy) is 1. The lowest BCUT2D eigenvalue weighted by atomic mass is 10.1. The molecule has 124 valence electrons. The van der Waals surface area contributed by atoms with Gasteiger partial charge in [-0.15, -0.1) is 0 Å². The fraction of sp³-hybridized carbons (Fsp3) is 0.0455. The Kier molecular flexibility index (Phi) is 5.65. The molecule has 0 saturated carbocycles. The van der Waals surface area contributed by atoms with Crippen molar-refractivity contribution in [3.8, 4) is 0 Å². The molecular formula is C22H17ClO2. The van der Waals surface area contributed by atoms with Crippen LogP contribution in [0.1, 0.15) is 27.0 Å². The molecule has 0 N–H and O–H groups in total. The van der Waals surface area contributed by atoms with Crippen LogP contribution in [0.4, 0.5) is 0 Å². The molecule has 2 nitrogen and oxygen atoms in total. The average Bonchev–Trinajstić information content (AvgIpc) is 2.67. The molecule has 0 amide bonds. The van der Waals surface area contributed by atoms with E-state index in [-0.39, 0.29) is 6.61 Å². The van der Waals surface area contributed by atoms with Gasteiger partial charge in [0.15, 0.2) is 0 Å². The summed E-state index contributed by atoms with van der Waals surface area (Å²) in [4.78, 5) is 12.3. The lowest BCUT2D eigenvalue weighted by Crippen LogP contribution is -2.06. The predicted molar refractivity (Wildman–Crippen MR) is 102 cm³/mol. The van der Waals surface area contributed by atoms with E-state index < -0.39 is 5.97 Å². The fourth-order valence-electron chi connectivity index (χ4n) is 2.36. The molecule has 0 heterocycles. The topological polar surface area (TPSA) is 26.3 Å². The number of hydrogen-bond acceptors (Lipinski definition) is 2. The second-order valence-corrected chi connectivity index (χ2v) is 5.95. The molecule has 3 heteroatoms. The number of carbonyl (C=O) groups is 1.